The summed E-state index contributed by atoms with van der Waals surface area (Å²) in [5.74, 6) is -0.528. The van der Waals surface area contributed by atoms with Gasteiger partial charge in [0.25, 0.3) is 0 Å². The molecular formula is C69H126N2O7P+. The van der Waals surface area contributed by atoms with Crippen molar-refractivity contribution >= 4 is 19.7 Å². The van der Waals surface area contributed by atoms with Crippen LogP contribution in [0.3, 0.4) is 0 Å². The number of rotatable bonds is 59. The van der Waals surface area contributed by atoms with Crippen molar-refractivity contribution in [2.75, 3.05) is 40.9 Å². The Balaban J connectivity index is 5.27. The maximum atomic E-state index is 13.6. The lowest BCUT2D eigenvalue weighted by Crippen LogP contribution is -2.47. The van der Waals surface area contributed by atoms with E-state index in [1.165, 1.54) is 148 Å². The molecule has 10 heteroatoms. The highest BCUT2D eigenvalue weighted by Crippen LogP contribution is 2.43. The number of carbonyl (C=O) groups excluding carboxylic acids is 2. The van der Waals surface area contributed by atoms with Crippen LogP contribution < -0.4 is 5.32 Å². The van der Waals surface area contributed by atoms with Gasteiger partial charge in [-0.2, -0.15) is 0 Å². The highest BCUT2D eigenvalue weighted by atomic mass is 31.2. The Labute approximate surface area is 488 Å². The SMILES string of the molecule is CC/C=C\C/C=C\C/C=C\C/C=C\C/C=C\C/C=C\CCCCCCC(=O)NC(COP(=O)(O)OCC[N+](C)(C)C)C(/C=C\CCCCCCCCCCCCC)OC(=O)CCCCCCCCCCCCCCCCCCC. The number of nitrogens with one attached hydrogen (secondary N) is 1. The van der Waals surface area contributed by atoms with E-state index in [9.17, 15) is 19.0 Å². The minimum absolute atomic E-state index is 0.0328. The zero-order valence-corrected chi connectivity index (χ0v) is 53.2. The van der Waals surface area contributed by atoms with E-state index in [1.54, 1.807) is 0 Å². The molecule has 0 radical (unpaired) electrons. The molecule has 0 aromatic heterocycles. The molecule has 0 spiro atoms. The number of unbranched alkanes of at least 4 members (excludes halogenated alkanes) is 31. The molecule has 0 rings (SSSR count). The van der Waals surface area contributed by atoms with E-state index in [1.807, 2.05) is 33.3 Å². The number of phosphoric acid groups is 1. The quantitative estimate of drug-likeness (QED) is 0.0205. The normalized spacial score (nSPS) is 14.2. The van der Waals surface area contributed by atoms with E-state index in [0.29, 0.717) is 23.9 Å². The van der Waals surface area contributed by atoms with Crippen LogP contribution in [0.4, 0.5) is 0 Å². The highest BCUT2D eigenvalue weighted by molar-refractivity contribution is 7.47. The number of ether oxygens (including phenoxy) is 1. The lowest BCUT2D eigenvalue weighted by Gasteiger charge is -2.27. The van der Waals surface area contributed by atoms with Crippen LogP contribution in [0.1, 0.15) is 290 Å². The third-order valence-electron chi connectivity index (χ3n) is 14.3. The first kappa shape index (κ1) is 76.2. The highest BCUT2D eigenvalue weighted by Gasteiger charge is 2.30. The molecule has 79 heavy (non-hydrogen) atoms. The van der Waals surface area contributed by atoms with Gasteiger partial charge < -0.3 is 19.4 Å². The maximum Gasteiger partial charge on any atom is 0.472 e. The number of likely N-dealkylation sites (N-methyl/N-ethyl adjacent to an activating group) is 1. The van der Waals surface area contributed by atoms with Crippen LogP contribution in [0.25, 0.3) is 0 Å². The van der Waals surface area contributed by atoms with Gasteiger partial charge in [0.1, 0.15) is 19.3 Å². The largest absolute Gasteiger partial charge is 0.472 e. The zero-order chi connectivity index (χ0) is 57.9. The first-order valence-corrected chi connectivity index (χ1v) is 34.4. The van der Waals surface area contributed by atoms with E-state index >= 15 is 0 Å². The van der Waals surface area contributed by atoms with Crippen LogP contribution in [0, 0.1) is 0 Å². The third kappa shape index (κ3) is 59.6. The van der Waals surface area contributed by atoms with Crippen LogP contribution in [-0.4, -0.2) is 74.3 Å². The second-order valence-electron chi connectivity index (χ2n) is 23.3. The average Bonchev–Trinajstić information content (AvgIpc) is 3.41. The Hall–Kier alpha value is -2.81. The van der Waals surface area contributed by atoms with Crippen molar-refractivity contribution in [3.05, 3.63) is 85.1 Å². The number of amides is 1. The number of phosphoric ester groups is 1. The first-order chi connectivity index (χ1) is 38.4. The van der Waals surface area contributed by atoms with Gasteiger partial charge in [0.05, 0.1) is 33.8 Å². The van der Waals surface area contributed by atoms with Gasteiger partial charge in [-0.1, -0.05) is 280 Å². The molecule has 2 N–H and O–H groups in total. The third-order valence-corrected chi connectivity index (χ3v) is 15.3. The molecule has 0 heterocycles. The Bertz CT molecular complexity index is 1630. The average molecular weight is 1130 g/mol. The second-order valence-corrected chi connectivity index (χ2v) is 24.7. The molecular weight excluding hydrogens is 1000 g/mol. The number of quaternary nitrogens is 1. The molecule has 9 nitrogen and oxygen atoms in total. The molecule has 0 aliphatic carbocycles. The number of hydrogen-bond acceptors (Lipinski definition) is 6. The summed E-state index contributed by atoms with van der Waals surface area (Å²) in [6.45, 7) is 6.90. The van der Waals surface area contributed by atoms with Crippen LogP contribution in [0.5, 0.6) is 0 Å². The Morgan fingerprint density at radius 3 is 1.22 bits per heavy atom. The Morgan fingerprint density at radius 2 is 0.810 bits per heavy atom. The molecule has 0 aromatic carbocycles. The van der Waals surface area contributed by atoms with Gasteiger partial charge in [-0.05, 0) is 83.1 Å². The maximum absolute atomic E-state index is 13.6. The minimum atomic E-state index is -4.46. The van der Waals surface area contributed by atoms with Crippen molar-refractivity contribution in [1.29, 1.82) is 0 Å². The fraction of sp³-hybridized carbons (Fsp3) is 0.768. The van der Waals surface area contributed by atoms with Crippen LogP contribution in [0.2, 0.25) is 0 Å². The molecule has 0 saturated heterocycles. The lowest BCUT2D eigenvalue weighted by atomic mass is 10.0. The molecule has 0 aromatic rings. The van der Waals surface area contributed by atoms with E-state index < -0.39 is 20.0 Å². The summed E-state index contributed by atoms with van der Waals surface area (Å²) >= 11 is 0. The summed E-state index contributed by atoms with van der Waals surface area (Å²) in [4.78, 5) is 37.8. The predicted molar refractivity (Wildman–Crippen MR) is 341 cm³/mol. The summed E-state index contributed by atoms with van der Waals surface area (Å²) in [6, 6.07) is -0.865. The summed E-state index contributed by atoms with van der Waals surface area (Å²) in [5.41, 5.74) is 0. The van der Waals surface area contributed by atoms with Gasteiger partial charge in [0, 0.05) is 12.8 Å². The van der Waals surface area contributed by atoms with Gasteiger partial charge in [-0.15, -0.1) is 0 Å². The topological polar surface area (TPSA) is 111 Å². The smallest absolute Gasteiger partial charge is 0.456 e. The van der Waals surface area contributed by atoms with Crippen LogP contribution >= 0.6 is 7.82 Å². The van der Waals surface area contributed by atoms with Crippen molar-refractivity contribution in [3.63, 3.8) is 0 Å². The van der Waals surface area contributed by atoms with Crippen LogP contribution in [-0.2, 0) is 27.9 Å². The molecule has 1 amide bonds. The molecule has 3 unspecified atom stereocenters. The van der Waals surface area contributed by atoms with Gasteiger partial charge >= 0.3 is 13.8 Å². The van der Waals surface area contributed by atoms with E-state index in [-0.39, 0.29) is 31.5 Å². The fourth-order valence-electron chi connectivity index (χ4n) is 9.30. The molecule has 0 aliphatic heterocycles. The Morgan fingerprint density at radius 1 is 0.456 bits per heavy atom. The van der Waals surface area contributed by atoms with Crippen molar-refractivity contribution < 1.29 is 37.3 Å². The number of carbonyl (C=O) groups is 2. The number of esters is 1. The standard InChI is InChI=1S/C69H125N2O7P/c1-7-10-13-16-19-22-25-28-30-32-33-34-35-36-37-39-40-43-46-49-52-55-58-61-68(72)70-66(65-77-79(74,75)76-64-63-71(4,5)6)67(60-57-54-51-48-45-42-27-24-21-18-15-12-9-3)78-69(73)62-59-56-53-50-47-44-41-38-31-29-26-23-20-17-14-11-8-2/h10,13,19,22,28,30,33-34,36-37,40,43,57,60,66-67H,7-9,11-12,14-18,20-21,23-27,29,31-32,35,38-39,41-42,44-56,58-59,61-65H2,1-6H3,(H-,70,72,74,75)/p+1/b13-10-,22-19-,30-28-,34-33-,37-36-,43-40-,60-57-. The minimum Gasteiger partial charge on any atom is -0.456 e. The molecule has 0 saturated carbocycles. The first-order valence-electron chi connectivity index (χ1n) is 32.9. The van der Waals surface area contributed by atoms with Crippen molar-refractivity contribution in [2.45, 2.75) is 303 Å². The lowest BCUT2D eigenvalue weighted by molar-refractivity contribution is -0.870. The molecule has 3 atom stereocenters. The molecule has 0 aliphatic rings. The van der Waals surface area contributed by atoms with Gasteiger partial charge in [0.2, 0.25) is 5.91 Å². The summed E-state index contributed by atoms with van der Waals surface area (Å²) in [6.07, 6.45) is 77.2. The number of nitrogens with zero attached hydrogens (tertiary/aromatic N) is 1. The van der Waals surface area contributed by atoms with Crippen LogP contribution in [0.15, 0.2) is 85.1 Å². The number of allylic oxidation sites excluding steroid dienone is 13. The van der Waals surface area contributed by atoms with Gasteiger partial charge in [-0.25, -0.2) is 4.57 Å². The monoisotopic (exact) mass is 1130 g/mol. The van der Waals surface area contributed by atoms with E-state index in [2.05, 4.69) is 99.0 Å². The summed E-state index contributed by atoms with van der Waals surface area (Å²) < 4.78 is 30.8. The molecule has 458 valence electrons. The second kappa shape index (κ2) is 58.4. The fourth-order valence-corrected chi connectivity index (χ4v) is 10.0. The molecule has 0 bridgehead atoms. The predicted octanol–water partition coefficient (Wildman–Crippen LogP) is 20.6. The van der Waals surface area contributed by atoms with E-state index in [4.69, 9.17) is 13.8 Å². The molecule has 0 fully saturated rings. The zero-order valence-electron chi connectivity index (χ0n) is 52.3. The summed E-state index contributed by atoms with van der Waals surface area (Å²) in [7, 11) is 1.48. The summed E-state index contributed by atoms with van der Waals surface area (Å²) in [5, 5.41) is 3.05. The Kier molecular flexibility index (Phi) is 56.3. The van der Waals surface area contributed by atoms with Crippen molar-refractivity contribution in [3.8, 4) is 0 Å². The van der Waals surface area contributed by atoms with Gasteiger partial charge in [0.15, 0.2) is 0 Å². The number of hydrogen-bond donors (Lipinski definition) is 2. The van der Waals surface area contributed by atoms with Crippen molar-refractivity contribution in [1.82, 2.24) is 5.32 Å². The van der Waals surface area contributed by atoms with Crippen molar-refractivity contribution in [2.24, 2.45) is 0 Å². The van der Waals surface area contributed by atoms with E-state index in [0.717, 1.165) is 103 Å². The van der Waals surface area contributed by atoms with Gasteiger partial charge in [-0.3, -0.25) is 18.6 Å².